The number of nitrogens with one attached hydrogen (secondary N) is 1. The summed E-state index contributed by atoms with van der Waals surface area (Å²) in [5, 5.41) is 7.93. The number of methoxy groups -OCH3 is 1. The summed E-state index contributed by atoms with van der Waals surface area (Å²) in [5.74, 6) is 1.56. The van der Waals surface area contributed by atoms with E-state index in [-0.39, 0.29) is 6.04 Å². The fourth-order valence-corrected chi connectivity index (χ4v) is 4.59. The van der Waals surface area contributed by atoms with Crippen molar-refractivity contribution in [2.75, 3.05) is 13.7 Å². The molecule has 0 spiro atoms. The average molecular weight is 466 g/mol. The standard InChI is InChI=1S/C30H31N3O2/c1-21-15-24(26-18-32-33(2)19-26)10-9-23(21)11-12-28-27-17-29(34-3)30(16-25(27)13-14-31-28)35-20-22-7-5-4-6-8-22/h4-12,15-19,28,31H,13-14,20H2,1-3H3/b12-11+. The van der Waals surface area contributed by atoms with Crippen LogP contribution in [0.4, 0.5) is 0 Å². The van der Waals surface area contributed by atoms with Crippen LogP contribution in [0.3, 0.4) is 0 Å². The number of rotatable bonds is 7. The van der Waals surface area contributed by atoms with Crippen molar-refractivity contribution in [1.29, 1.82) is 0 Å². The minimum absolute atomic E-state index is 0.119. The van der Waals surface area contributed by atoms with Gasteiger partial charge >= 0.3 is 0 Å². The second-order valence-corrected chi connectivity index (χ2v) is 8.99. The van der Waals surface area contributed by atoms with E-state index in [0.717, 1.165) is 35.6 Å². The van der Waals surface area contributed by atoms with E-state index >= 15 is 0 Å². The van der Waals surface area contributed by atoms with E-state index < -0.39 is 0 Å². The first kappa shape index (κ1) is 22.9. The van der Waals surface area contributed by atoms with Crippen molar-refractivity contribution in [3.8, 4) is 22.6 Å². The molecule has 5 rings (SSSR count). The number of aryl methyl sites for hydroxylation is 2. The number of aromatic nitrogens is 2. The molecule has 0 radical (unpaired) electrons. The van der Waals surface area contributed by atoms with Crippen LogP contribution in [0.2, 0.25) is 0 Å². The molecule has 1 aromatic heterocycles. The normalized spacial score (nSPS) is 15.2. The van der Waals surface area contributed by atoms with E-state index in [2.05, 4.69) is 72.0 Å². The van der Waals surface area contributed by atoms with Gasteiger partial charge in [-0.3, -0.25) is 4.68 Å². The van der Waals surface area contributed by atoms with Crippen LogP contribution in [0.15, 0.2) is 79.1 Å². The van der Waals surface area contributed by atoms with Crippen LogP contribution in [0, 0.1) is 6.92 Å². The molecule has 2 heterocycles. The monoisotopic (exact) mass is 465 g/mol. The molecule has 3 aromatic carbocycles. The van der Waals surface area contributed by atoms with Crippen molar-refractivity contribution >= 4 is 6.08 Å². The van der Waals surface area contributed by atoms with Crippen LogP contribution in [-0.2, 0) is 20.1 Å². The molecule has 5 heteroatoms. The Morgan fingerprint density at radius 1 is 1.06 bits per heavy atom. The van der Waals surface area contributed by atoms with Gasteiger partial charge in [0, 0.05) is 25.4 Å². The molecule has 0 bridgehead atoms. The third-order valence-electron chi connectivity index (χ3n) is 6.53. The SMILES string of the molecule is COc1cc2c(cc1OCc1ccccc1)CCNC2/C=C/c1ccc(-c2cnn(C)c2)cc1C. The van der Waals surface area contributed by atoms with Gasteiger partial charge in [0.05, 0.1) is 19.3 Å². The number of hydrogen-bond donors (Lipinski definition) is 1. The molecule has 35 heavy (non-hydrogen) atoms. The van der Waals surface area contributed by atoms with Crippen LogP contribution in [0.1, 0.15) is 33.9 Å². The molecule has 1 aliphatic heterocycles. The third kappa shape index (κ3) is 5.15. The van der Waals surface area contributed by atoms with Crippen molar-refractivity contribution in [2.45, 2.75) is 26.0 Å². The fourth-order valence-electron chi connectivity index (χ4n) is 4.59. The Balaban J connectivity index is 1.36. The van der Waals surface area contributed by atoms with Gasteiger partial charge in [-0.2, -0.15) is 5.10 Å². The van der Waals surface area contributed by atoms with Crippen LogP contribution in [-0.4, -0.2) is 23.4 Å². The minimum Gasteiger partial charge on any atom is -0.493 e. The Kier molecular flexibility index (Phi) is 6.68. The lowest BCUT2D eigenvalue weighted by Crippen LogP contribution is -2.28. The lowest BCUT2D eigenvalue weighted by molar-refractivity contribution is 0.283. The van der Waals surface area contributed by atoms with E-state index in [1.807, 2.05) is 42.3 Å². The molecule has 5 nitrogen and oxygen atoms in total. The zero-order valence-electron chi connectivity index (χ0n) is 20.5. The molecule has 1 N–H and O–H groups in total. The Bertz CT molecular complexity index is 1340. The summed E-state index contributed by atoms with van der Waals surface area (Å²) in [7, 11) is 3.64. The summed E-state index contributed by atoms with van der Waals surface area (Å²) < 4.78 is 13.7. The summed E-state index contributed by atoms with van der Waals surface area (Å²) >= 11 is 0. The number of benzene rings is 3. The van der Waals surface area contributed by atoms with Crippen molar-refractivity contribution in [2.24, 2.45) is 7.05 Å². The van der Waals surface area contributed by atoms with Gasteiger partial charge < -0.3 is 14.8 Å². The van der Waals surface area contributed by atoms with Crippen molar-refractivity contribution in [3.05, 3.63) is 107 Å². The van der Waals surface area contributed by atoms with Gasteiger partial charge in [-0.1, -0.05) is 60.7 Å². The molecular formula is C30H31N3O2. The summed E-state index contributed by atoms with van der Waals surface area (Å²) in [6.45, 7) is 3.60. The first-order valence-electron chi connectivity index (χ1n) is 12.0. The molecule has 4 aromatic rings. The molecule has 0 saturated carbocycles. The van der Waals surface area contributed by atoms with E-state index in [0.29, 0.717) is 6.61 Å². The van der Waals surface area contributed by atoms with Gasteiger partial charge in [-0.05, 0) is 58.9 Å². The molecule has 1 atom stereocenters. The Hall–Kier alpha value is -3.83. The summed E-state index contributed by atoms with van der Waals surface area (Å²) in [5.41, 5.74) is 8.43. The first-order valence-corrected chi connectivity index (χ1v) is 12.0. The topological polar surface area (TPSA) is 48.3 Å². The molecule has 0 amide bonds. The largest absolute Gasteiger partial charge is 0.493 e. The van der Waals surface area contributed by atoms with Gasteiger partial charge in [-0.15, -0.1) is 0 Å². The molecule has 1 unspecified atom stereocenters. The van der Waals surface area contributed by atoms with Crippen molar-refractivity contribution in [3.63, 3.8) is 0 Å². The highest BCUT2D eigenvalue weighted by Gasteiger charge is 2.21. The number of nitrogens with zero attached hydrogens (tertiary/aromatic N) is 2. The van der Waals surface area contributed by atoms with E-state index in [4.69, 9.17) is 9.47 Å². The van der Waals surface area contributed by atoms with Crippen LogP contribution >= 0.6 is 0 Å². The molecule has 0 saturated heterocycles. The van der Waals surface area contributed by atoms with Crippen molar-refractivity contribution < 1.29 is 9.47 Å². The highest BCUT2D eigenvalue weighted by molar-refractivity contribution is 5.67. The second kappa shape index (κ2) is 10.2. The Morgan fingerprint density at radius 2 is 1.91 bits per heavy atom. The van der Waals surface area contributed by atoms with Gasteiger partial charge in [0.2, 0.25) is 0 Å². The molecule has 178 valence electrons. The molecular weight excluding hydrogens is 434 g/mol. The lowest BCUT2D eigenvalue weighted by atomic mass is 9.92. The molecule has 0 fully saturated rings. The summed E-state index contributed by atoms with van der Waals surface area (Å²) in [6.07, 6.45) is 9.36. The third-order valence-corrected chi connectivity index (χ3v) is 6.53. The molecule has 0 aliphatic carbocycles. The maximum atomic E-state index is 6.14. The Labute approximate surface area is 207 Å². The highest BCUT2D eigenvalue weighted by atomic mass is 16.5. The number of fused-ring (bicyclic) bond motifs is 1. The smallest absolute Gasteiger partial charge is 0.161 e. The predicted octanol–water partition coefficient (Wildman–Crippen LogP) is 5.88. The lowest BCUT2D eigenvalue weighted by Gasteiger charge is -2.26. The summed E-state index contributed by atoms with van der Waals surface area (Å²) in [4.78, 5) is 0. The zero-order valence-corrected chi connectivity index (χ0v) is 20.5. The first-order chi connectivity index (χ1) is 17.1. The van der Waals surface area contributed by atoms with Crippen molar-refractivity contribution in [1.82, 2.24) is 15.1 Å². The van der Waals surface area contributed by atoms with E-state index in [9.17, 15) is 0 Å². The number of ether oxygens (including phenoxy) is 2. The van der Waals surface area contributed by atoms with Crippen LogP contribution in [0.5, 0.6) is 11.5 Å². The van der Waals surface area contributed by atoms with E-state index in [1.54, 1.807) is 7.11 Å². The van der Waals surface area contributed by atoms with Gasteiger partial charge in [0.1, 0.15) is 6.61 Å². The van der Waals surface area contributed by atoms with Gasteiger partial charge in [0.15, 0.2) is 11.5 Å². The average Bonchev–Trinajstić information content (AvgIpc) is 3.33. The summed E-state index contributed by atoms with van der Waals surface area (Å²) in [6, 6.07) is 21.2. The van der Waals surface area contributed by atoms with Gasteiger partial charge in [-0.25, -0.2) is 0 Å². The minimum atomic E-state index is 0.119. The second-order valence-electron chi connectivity index (χ2n) is 8.99. The quantitative estimate of drug-likeness (QED) is 0.370. The predicted molar refractivity (Wildman–Crippen MR) is 141 cm³/mol. The highest BCUT2D eigenvalue weighted by Crippen LogP contribution is 2.36. The van der Waals surface area contributed by atoms with Crippen LogP contribution in [0.25, 0.3) is 17.2 Å². The van der Waals surface area contributed by atoms with Crippen LogP contribution < -0.4 is 14.8 Å². The Morgan fingerprint density at radius 3 is 2.66 bits per heavy atom. The molecule has 1 aliphatic rings. The maximum Gasteiger partial charge on any atom is 0.161 e. The van der Waals surface area contributed by atoms with Gasteiger partial charge in [0.25, 0.3) is 0 Å². The maximum absolute atomic E-state index is 6.14. The zero-order chi connectivity index (χ0) is 24.2. The number of hydrogen-bond acceptors (Lipinski definition) is 4. The van der Waals surface area contributed by atoms with E-state index in [1.165, 1.54) is 27.8 Å². The fraction of sp³-hybridized carbons (Fsp3) is 0.233.